The standard InChI is InChI=1S/C11H15IN2O2S/c12-10-4-6-11(7-5-10)13-17(15,16)14-8-2-1-3-9-14/h4-7,13H,1-3,8-9H2. The zero-order chi connectivity index (χ0) is 12.3. The average molecular weight is 366 g/mol. The number of benzene rings is 1. The molecule has 0 bridgehead atoms. The lowest BCUT2D eigenvalue weighted by Gasteiger charge is -2.26. The van der Waals surface area contributed by atoms with Crippen LogP contribution in [0.15, 0.2) is 24.3 Å². The van der Waals surface area contributed by atoms with Gasteiger partial charge >= 0.3 is 10.2 Å². The number of piperidine rings is 1. The van der Waals surface area contributed by atoms with Crippen LogP contribution in [0.2, 0.25) is 0 Å². The van der Waals surface area contributed by atoms with Crippen molar-refractivity contribution in [1.29, 1.82) is 0 Å². The maximum atomic E-state index is 12.1. The lowest BCUT2D eigenvalue weighted by molar-refractivity contribution is 0.349. The number of rotatable bonds is 3. The van der Waals surface area contributed by atoms with E-state index in [0.717, 1.165) is 22.8 Å². The second-order valence-corrected chi connectivity index (χ2v) is 6.99. The molecule has 1 aromatic carbocycles. The molecule has 2 rings (SSSR count). The first-order valence-corrected chi connectivity index (χ1v) is 8.13. The van der Waals surface area contributed by atoms with Gasteiger partial charge in [0.15, 0.2) is 0 Å². The summed E-state index contributed by atoms with van der Waals surface area (Å²) in [6, 6.07) is 7.33. The van der Waals surface area contributed by atoms with Gasteiger partial charge in [-0.15, -0.1) is 0 Å². The predicted molar refractivity (Wildman–Crippen MR) is 77.1 cm³/mol. The molecule has 6 heteroatoms. The second kappa shape index (κ2) is 5.53. The molecule has 1 aliphatic heterocycles. The van der Waals surface area contributed by atoms with Gasteiger partial charge in [-0.1, -0.05) is 6.42 Å². The Balaban J connectivity index is 2.08. The first-order valence-electron chi connectivity index (χ1n) is 5.61. The van der Waals surface area contributed by atoms with Gasteiger partial charge in [-0.25, -0.2) is 0 Å². The largest absolute Gasteiger partial charge is 0.301 e. The summed E-state index contributed by atoms with van der Waals surface area (Å²) in [6.07, 6.45) is 3.02. The van der Waals surface area contributed by atoms with Crippen molar-refractivity contribution in [2.24, 2.45) is 0 Å². The predicted octanol–water partition coefficient (Wildman–Crippen LogP) is 2.43. The normalized spacial score (nSPS) is 17.9. The molecule has 4 nitrogen and oxygen atoms in total. The zero-order valence-corrected chi connectivity index (χ0v) is 12.4. The van der Waals surface area contributed by atoms with E-state index in [0.29, 0.717) is 18.8 Å². The molecule has 1 heterocycles. The Morgan fingerprint density at radius 1 is 1.06 bits per heavy atom. The molecular formula is C11H15IN2O2S. The first-order chi connectivity index (χ1) is 8.08. The topological polar surface area (TPSA) is 49.4 Å². The number of hydrogen-bond donors (Lipinski definition) is 1. The van der Waals surface area contributed by atoms with Crippen molar-refractivity contribution in [1.82, 2.24) is 4.31 Å². The Labute approximate surface area is 116 Å². The van der Waals surface area contributed by atoms with Crippen LogP contribution in [0.4, 0.5) is 5.69 Å². The summed E-state index contributed by atoms with van der Waals surface area (Å²) < 4.78 is 29.3. The maximum Gasteiger partial charge on any atom is 0.301 e. The molecule has 0 saturated carbocycles. The molecule has 17 heavy (non-hydrogen) atoms. The van der Waals surface area contributed by atoms with Crippen LogP contribution in [0.1, 0.15) is 19.3 Å². The van der Waals surface area contributed by atoms with Gasteiger partial charge in [0.2, 0.25) is 0 Å². The lowest BCUT2D eigenvalue weighted by Crippen LogP contribution is -2.39. The maximum absolute atomic E-state index is 12.1. The summed E-state index contributed by atoms with van der Waals surface area (Å²) in [5.74, 6) is 0. The summed E-state index contributed by atoms with van der Waals surface area (Å²) >= 11 is 2.19. The molecule has 1 fully saturated rings. The quantitative estimate of drug-likeness (QED) is 0.836. The third-order valence-corrected chi connectivity index (χ3v) is 5.00. The van der Waals surface area contributed by atoms with E-state index in [1.54, 1.807) is 12.1 Å². The first kappa shape index (κ1) is 13.1. The molecule has 0 amide bonds. The van der Waals surface area contributed by atoms with Gasteiger partial charge in [0, 0.05) is 22.3 Å². The Kier molecular flexibility index (Phi) is 4.26. The molecule has 0 aromatic heterocycles. The minimum Gasteiger partial charge on any atom is -0.271 e. The highest BCUT2D eigenvalue weighted by molar-refractivity contribution is 14.1. The van der Waals surface area contributed by atoms with Crippen molar-refractivity contribution in [3.05, 3.63) is 27.8 Å². The van der Waals surface area contributed by atoms with Crippen molar-refractivity contribution < 1.29 is 8.42 Å². The van der Waals surface area contributed by atoms with E-state index in [-0.39, 0.29) is 0 Å². The number of anilines is 1. The zero-order valence-electron chi connectivity index (χ0n) is 9.39. The summed E-state index contributed by atoms with van der Waals surface area (Å²) in [7, 11) is -3.37. The summed E-state index contributed by atoms with van der Waals surface area (Å²) in [5.41, 5.74) is 0.621. The van der Waals surface area contributed by atoms with E-state index in [9.17, 15) is 8.42 Å². The molecule has 0 radical (unpaired) electrons. The van der Waals surface area contributed by atoms with Crippen LogP contribution < -0.4 is 4.72 Å². The molecule has 1 saturated heterocycles. The second-order valence-electron chi connectivity index (χ2n) is 4.07. The van der Waals surface area contributed by atoms with E-state index in [1.165, 1.54) is 4.31 Å². The minimum atomic E-state index is -3.37. The van der Waals surface area contributed by atoms with E-state index in [2.05, 4.69) is 27.3 Å². The van der Waals surface area contributed by atoms with Crippen molar-refractivity contribution >= 4 is 38.5 Å². The smallest absolute Gasteiger partial charge is 0.271 e. The Bertz CT molecular complexity index is 467. The van der Waals surface area contributed by atoms with Gasteiger partial charge in [0.05, 0.1) is 0 Å². The van der Waals surface area contributed by atoms with Gasteiger partial charge in [-0.05, 0) is 59.7 Å². The number of hydrogen-bond acceptors (Lipinski definition) is 2. The highest BCUT2D eigenvalue weighted by Gasteiger charge is 2.23. The molecule has 0 aliphatic carbocycles. The van der Waals surface area contributed by atoms with E-state index in [1.807, 2.05) is 12.1 Å². The average Bonchev–Trinajstić information content (AvgIpc) is 2.33. The third kappa shape index (κ3) is 3.56. The van der Waals surface area contributed by atoms with E-state index >= 15 is 0 Å². The molecule has 1 aromatic rings. The van der Waals surface area contributed by atoms with Crippen molar-refractivity contribution in [2.75, 3.05) is 17.8 Å². The van der Waals surface area contributed by atoms with Gasteiger partial charge in [0.25, 0.3) is 0 Å². The fourth-order valence-corrected chi connectivity index (χ4v) is 3.50. The van der Waals surface area contributed by atoms with Crippen molar-refractivity contribution in [3.63, 3.8) is 0 Å². The number of nitrogens with zero attached hydrogens (tertiary/aromatic N) is 1. The van der Waals surface area contributed by atoms with Crippen LogP contribution in [-0.4, -0.2) is 25.8 Å². The monoisotopic (exact) mass is 366 g/mol. The van der Waals surface area contributed by atoms with Gasteiger partial charge in [-0.3, -0.25) is 4.72 Å². The number of halogens is 1. The molecule has 1 N–H and O–H groups in total. The van der Waals surface area contributed by atoms with Crippen LogP contribution in [0, 0.1) is 3.57 Å². The fraction of sp³-hybridized carbons (Fsp3) is 0.455. The third-order valence-electron chi connectivity index (χ3n) is 2.75. The van der Waals surface area contributed by atoms with Gasteiger partial charge in [-0.2, -0.15) is 12.7 Å². The SMILES string of the molecule is O=S(=O)(Nc1ccc(I)cc1)N1CCCCC1. The fourth-order valence-electron chi connectivity index (χ4n) is 1.84. The lowest BCUT2D eigenvalue weighted by atomic mass is 10.2. The van der Waals surface area contributed by atoms with Crippen molar-refractivity contribution in [3.8, 4) is 0 Å². The summed E-state index contributed by atoms with van der Waals surface area (Å²) in [4.78, 5) is 0. The number of nitrogens with one attached hydrogen (secondary N) is 1. The van der Waals surface area contributed by atoms with E-state index < -0.39 is 10.2 Å². The highest BCUT2D eigenvalue weighted by atomic mass is 127. The van der Waals surface area contributed by atoms with Crippen LogP contribution >= 0.6 is 22.6 Å². The Morgan fingerprint density at radius 2 is 1.65 bits per heavy atom. The molecule has 94 valence electrons. The molecule has 1 aliphatic rings. The van der Waals surface area contributed by atoms with Gasteiger partial charge in [0.1, 0.15) is 0 Å². The molecule has 0 spiro atoms. The Morgan fingerprint density at radius 3 is 2.24 bits per heavy atom. The Hall–Kier alpha value is -0.340. The van der Waals surface area contributed by atoms with Crippen LogP contribution in [0.25, 0.3) is 0 Å². The van der Waals surface area contributed by atoms with Crippen LogP contribution in [0.3, 0.4) is 0 Å². The minimum absolute atomic E-state index is 0.621. The van der Waals surface area contributed by atoms with Crippen molar-refractivity contribution in [2.45, 2.75) is 19.3 Å². The summed E-state index contributed by atoms with van der Waals surface area (Å²) in [6.45, 7) is 1.25. The highest BCUT2D eigenvalue weighted by Crippen LogP contribution is 2.17. The molecular weight excluding hydrogens is 351 g/mol. The molecule has 0 unspecified atom stereocenters. The molecule has 0 atom stereocenters. The van der Waals surface area contributed by atoms with Crippen LogP contribution in [-0.2, 0) is 10.2 Å². The van der Waals surface area contributed by atoms with Gasteiger partial charge < -0.3 is 0 Å². The summed E-state index contributed by atoms with van der Waals surface area (Å²) in [5, 5.41) is 0. The van der Waals surface area contributed by atoms with Crippen LogP contribution in [0.5, 0.6) is 0 Å². The van der Waals surface area contributed by atoms with E-state index in [4.69, 9.17) is 0 Å².